The SMILES string of the molecule is CCOC(=O)C[C@H]1C(=O)NCC[NH+]1Cc1ccccc1OCC. The second-order valence-corrected chi connectivity index (χ2v) is 5.48. The van der Waals surface area contributed by atoms with Crippen LogP contribution in [0.1, 0.15) is 25.8 Å². The van der Waals surface area contributed by atoms with Crippen molar-refractivity contribution in [2.75, 3.05) is 26.3 Å². The Morgan fingerprint density at radius 3 is 2.83 bits per heavy atom. The van der Waals surface area contributed by atoms with Crippen molar-refractivity contribution >= 4 is 11.9 Å². The van der Waals surface area contributed by atoms with Gasteiger partial charge < -0.3 is 19.7 Å². The van der Waals surface area contributed by atoms with Crippen LogP contribution < -0.4 is 15.0 Å². The molecule has 0 radical (unpaired) electrons. The molecule has 1 aromatic carbocycles. The summed E-state index contributed by atoms with van der Waals surface area (Å²) < 4.78 is 10.7. The van der Waals surface area contributed by atoms with Crippen LogP contribution in [0.5, 0.6) is 5.75 Å². The molecule has 1 unspecified atom stereocenters. The Morgan fingerprint density at radius 2 is 2.09 bits per heavy atom. The monoisotopic (exact) mass is 321 g/mol. The van der Waals surface area contributed by atoms with Gasteiger partial charge in [0.15, 0.2) is 6.04 Å². The third kappa shape index (κ3) is 4.69. The zero-order chi connectivity index (χ0) is 16.7. The average Bonchev–Trinajstić information content (AvgIpc) is 2.53. The highest BCUT2D eigenvalue weighted by molar-refractivity contribution is 5.85. The summed E-state index contributed by atoms with van der Waals surface area (Å²) in [5.74, 6) is 0.418. The Hall–Kier alpha value is -2.08. The third-order valence-corrected chi connectivity index (χ3v) is 3.92. The molecule has 1 aliphatic heterocycles. The van der Waals surface area contributed by atoms with E-state index in [0.717, 1.165) is 22.8 Å². The molecule has 1 aliphatic rings. The molecular weight excluding hydrogens is 296 g/mol. The molecule has 23 heavy (non-hydrogen) atoms. The number of ether oxygens (including phenoxy) is 2. The number of hydrogen-bond donors (Lipinski definition) is 2. The van der Waals surface area contributed by atoms with Gasteiger partial charge in [-0.15, -0.1) is 0 Å². The van der Waals surface area contributed by atoms with Crippen molar-refractivity contribution in [1.29, 1.82) is 0 Å². The van der Waals surface area contributed by atoms with Crippen LogP contribution in [0.3, 0.4) is 0 Å². The quantitative estimate of drug-likeness (QED) is 0.690. The van der Waals surface area contributed by atoms with Gasteiger partial charge in [-0.25, -0.2) is 0 Å². The molecular formula is C17H25N2O4+. The maximum Gasteiger partial charge on any atom is 0.312 e. The molecule has 2 atom stereocenters. The zero-order valence-electron chi connectivity index (χ0n) is 13.8. The predicted octanol–water partition coefficient (Wildman–Crippen LogP) is -0.0782. The highest BCUT2D eigenvalue weighted by atomic mass is 16.5. The van der Waals surface area contributed by atoms with Gasteiger partial charge in [-0.3, -0.25) is 9.59 Å². The van der Waals surface area contributed by atoms with E-state index in [1.807, 2.05) is 31.2 Å². The van der Waals surface area contributed by atoms with Gasteiger partial charge in [-0.2, -0.15) is 0 Å². The van der Waals surface area contributed by atoms with Gasteiger partial charge in [0.05, 0.1) is 26.3 Å². The van der Waals surface area contributed by atoms with E-state index in [1.54, 1.807) is 6.92 Å². The number of para-hydroxylation sites is 1. The first kappa shape index (κ1) is 17.3. The van der Waals surface area contributed by atoms with Gasteiger partial charge in [0, 0.05) is 5.56 Å². The van der Waals surface area contributed by atoms with E-state index in [4.69, 9.17) is 9.47 Å². The van der Waals surface area contributed by atoms with Crippen LogP contribution in [0.15, 0.2) is 24.3 Å². The van der Waals surface area contributed by atoms with Crippen molar-refractivity contribution in [3.8, 4) is 5.75 Å². The predicted molar refractivity (Wildman–Crippen MR) is 85.2 cm³/mol. The van der Waals surface area contributed by atoms with E-state index in [2.05, 4.69) is 5.32 Å². The first-order chi connectivity index (χ1) is 11.2. The van der Waals surface area contributed by atoms with E-state index in [-0.39, 0.29) is 18.3 Å². The first-order valence-corrected chi connectivity index (χ1v) is 8.14. The zero-order valence-corrected chi connectivity index (χ0v) is 13.8. The summed E-state index contributed by atoms with van der Waals surface area (Å²) >= 11 is 0. The Morgan fingerprint density at radius 1 is 1.30 bits per heavy atom. The third-order valence-electron chi connectivity index (χ3n) is 3.92. The van der Waals surface area contributed by atoms with Crippen LogP contribution in [0.25, 0.3) is 0 Å². The first-order valence-electron chi connectivity index (χ1n) is 8.14. The number of carbonyl (C=O) groups excluding carboxylic acids is 2. The highest BCUT2D eigenvalue weighted by Gasteiger charge is 2.36. The van der Waals surface area contributed by atoms with Crippen LogP contribution in [-0.4, -0.2) is 44.2 Å². The van der Waals surface area contributed by atoms with Gasteiger partial charge in [0.1, 0.15) is 18.7 Å². The molecule has 6 heteroatoms. The highest BCUT2D eigenvalue weighted by Crippen LogP contribution is 2.17. The largest absolute Gasteiger partial charge is 0.493 e. The molecule has 1 amide bonds. The minimum Gasteiger partial charge on any atom is -0.493 e. The molecule has 0 saturated carbocycles. The fourth-order valence-corrected chi connectivity index (χ4v) is 2.86. The number of esters is 1. The molecule has 2 N–H and O–H groups in total. The van der Waals surface area contributed by atoms with Gasteiger partial charge in [-0.1, -0.05) is 12.1 Å². The molecule has 0 spiro atoms. The summed E-state index contributed by atoms with van der Waals surface area (Å²) in [5.41, 5.74) is 1.05. The summed E-state index contributed by atoms with van der Waals surface area (Å²) in [5, 5.41) is 2.84. The molecule has 1 fully saturated rings. The molecule has 0 aromatic heterocycles. The van der Waals surface area contributed by atoms with Crippen molar-refractivity contribution < 1.29 is 24.0 Å². The van der Waals surface area contributed by atoms with Crippen molar-refractivity contribution in [2.45, 2.75) is 32.9 Å². The summed E-state index contributed by atoms with van der Waals surface area (Å²) in [4.78, 5) is 25.0. The Kier molecular flexibility index (Phi) is 6.40. The van der Waals surface area contributed by atoms with Crippen molar-refractivity contribution in [2.24, 2.45) is 0 Å². The average molecular weight is 321 g/mol. The van der Waals surface area contributed by atoms with Crippen LogP contribution in [0, 0.1) is 0 Å². The Bertz CT molecular complexity index is 547. The van der Waals surface area contributed by atoms with Crippen LogP contribution in [0.4, 0.5) is 0 Å². The molecule has 6 nitrogen and oxygen atoms in total. The lowest BCUT2D eigenvalue weighted by Gasteiger charge is -2.31. The second-order valence-electron chi connectivity index (χ2n) is 5.48. The summed E-state index contributed by atoms with van der Waals surface area (Å²) in [7, 11) is 0. The minimum atomic E-state index is -0.419. The van der Waals surface area contributed by atoms with Crippen LogP contribution in [0.2, 0.25) is 0 Å². The summed E-state index contributed by atoms with van der Waals surface area (Å²) in [6, 6.07) is 7.41. The molecule has 0 aliphatic carbocycles. The second kappa shape index (κ2) is 8.53. The lowest BCUT2D eigenvalue weighted by Crippen LogP contribution is -3.18. The lowest BCUT2D eigenvalue weighted by molar-refractivity contribution is -0.930. The molecule has 1 heterocycles. The molecule has 126 valence electrons. The number of rotatable bonds is 7. The minimum absolute atomic E-state index is 0.0896. The number of hydrogen-bond acceptors (Lipinski definition) is 4. The Balaban J connectivity index is 2.12. The van der Waals surface area contributed by atoms with Crippen molar-refractivity contribution in [3.63, 3.8) is 0 Å². The Labute approximate surface area is 136 Å². The van der Waals surface area contributed by atoms with E-state index >= 15 is 0 Å². The molecule has 1 aromatic rings. The maximum atomic E-state index is 12.2. The number of benzene rings is 1. The van der Waals surface area contributed by atoms with E-state index in [1.165, 1.54) is 0 Å². The van der Waals surface area contributed by atoms with Crippen molar-refractivity contribution in [3.05, 3.63) is 29.8 Å². The van der Waals surface area contributed by atoms with Gasteiger partial charge in [0.25, 0.3) is 5.91 Å². The standard InChI is InChI=1S/C17H24N2O4/c1-3-22-15-8-6-5-7-13(15)12-19-10-9-18-17(21)14(19)11-16(20)23-4-2/h5-8,14H,3-4,9-12H2,1-2H3,(H,18,21)/p+1/t14-/m0/s1. The molecule has 0 bridgehead atoms. The maximum absolute atomic E-state index is 12.2. The molecule has 1 saturated heterocycles. The van der Waals surface area contributed by atoms with E-state index in [9.17, 15) is 9.59 Å². The number of amides is 1. The van der Waals surface area contributed by atoms with E-state index in [0.29, 0.717) is 26.3 Å². The van der Waals surface area contributed by atoms with Crippen molar-refractivity contribution in [1.82, 2.24) is 5.32 Å². The van der Waals surface area contributed by atoms with Crippen LogP contribution in [-0.2, 0) is 20.9 Å². The smallest absolute Gasteiger partial charge is 0.312 e. The van der Waals surface area contributed by atoms with Crippen LogP contribution >= 0.6 is 0 Å². The lowest BCUT2D eigenvalue weighted by atomic mass is 10.1. The fourth-order valence-electron chi connectivity index (χ4n) is 2.86. The van der Waals surface area contributed by atoms with Gasteiger partial charge in [0.2, 0.25) is 0 Å². The van der Waals surface area contributed by atoms with E-state index < -0.39 is 6.04 Å². The number of piperazine rings is 1. The summed E-state index contributed by atoms with van der Waals surface area (Å²) in [6.07, 6.45) is 0.103. The molecule has 2 rings (SSSR count). The van der Waals surface area contributed by atoms with Gasteiger partial charge in [-0.05, 0) is 26.0 Å². The van der Waals surface area contributed by atoms with Gasteiger partial charge >= 0.3 is 5.97 Å². The number of carbonyl (C=O) groups is 2. The normalized spacial score (nSPS) is 20.7. The fraction of sp³-hybridized carbons (Fsp3) is 0.529. The number of quaternary nitrogens is 1. The topological polar surface area (TPSA) is 69.1 Å². The summed E-state index contributed by atoms with van der Waals surface area (Å²) in [6.45, 7) is 6.67. The number of nitrogens with one attached hydrogen (secondary N) is 2.